The number of nitrogens with two attached hydrogens (primary N) is 1. The van der Waals surface area contributed by atoms with Gasteiger partial charge in [-0.1, -0.05) is 20.7 Å². The number of amides is 1. The molecule has 1 saturated heterocycles. The Bertz CT molecular complexity index is 836. The van der Waals surface area contributed by atoms with Crippen LogP contribution in [-0.2, 0) is 4.79 Å². The normalized spacial score (nSPS) is 26.0. The van der Waals surface area contributed by atoms with Crippen LogP contribution in [0.5, 0.6) is 5.75 Å². The van der Waals surface area contributed by atoms with Crippen molar-refractivity contribution in [3.8, 4) is 5.75 Å². The fourth-order valence-corrected chi connectivity index (χ4v) is 4.86. The summed E-state index contributed by atoms with van der Waals surface area (Å²) in [5.74, 6) is -0.314. The Morgan fingerprint density at radius 1 is 1.38 bits per heavy atom. The number of methoxy groups -OCH3 is 1. The van der Waals surface area contributed by atoms with E-state index in [9.17, 15) is 9.18 Å². The third-order valence-corrected chi connectivity index (χ3v) is 6.41. The maximum absolute atomic E-state index is 14.0. The zero-order valence-electron chi connectivity index (χ0n) is 14.5. The van der Waals surface area contributed by atoms with Crippen LogP contribution in [0.15, 0.2) is 48.3 Å². The number of benzene rings is 1. The van der Waals surface area contributed by atoms with Gasteiger partial charge in [0.1, 0.15) is 0 Å². The van der Waals surface area contributed by atoms with Gasteiger partial charge < -0.3 is 20.3 Å². The van der Waals surface area contributed by atoms with E-state index in [1.54, 1.807) is 23.1 Å². The van der Waals surface area contributed by atoms with Gasteiger partial charge >= 0.3 is 0 Å². The standard InChI is InChI=1S/C19H21FN3O2P/c1-25-16-4-2-12(8-15(16)20)17-9-18(24)23-11-14(3-5-19(23)26-17)22-7-6-13(21)10-22/h2-5,8-9,11,13,19,26H,6-7,10,21H2,1H3/t13-,19?/m0/s1. The molecule has 0 bridgehead atoms. The van der Waals surface area contributed by atoms with Crippen LogP contribution in [0.25, 0.3) is 5.31 Å². The van der Waals surface area contributed by atoms with Crippen LogP contribution in [0.1, 0.15) is 12.0 Å². The fourth-order valence-electron chi connectivity index (χ4n) is 3.48. The number of ether oxygens (including phenoxy) is 1. The average molecular weight is 373 g/mol. The molecule has 5 nitrogen and oxygen atoms in total. The summed E-state index contributed by atoms with van der Waals surface area (Å²) in [5.41, 5.74) is 7.74. The van der Waals surface area contributed by atoms with Crippen LogP contribution in [-0.4, -0.2) is 47.7 Å². The summed E-state index contributed by atoms with van der Waals surface area (Å²) in [5, 5.41) is 0.863. The van der Waals surface area contributed by atoms with Gasteiger partial charge in [0, 0.05) is 31.4 Å². The lowest BCUT2D eigenvalue weighted by atomic mass is 10.1. The molecular weight excluding hydrogens is 352 g/mol. The second-order valence-corrected chi connectivity index (χ2v) is 8.07. The quantitative estimate of drug-likeness (QED) is 0.827. The molecule has 4 rings (SSSR count). The van der Waals surface area contributed by atoms with Crippen LogP contribution in [0.4, 0.5) is 4.39 Å². The Morgan fingerprint density at radius 2 is 2.23 bits per heavy atom. The summed E-state index contributed by atoms with van der Waals surface area (Å²) in [6.45, 7) is 1.73. The molecule has 3 heterocycles. The lowest BCUT2D eigenvalue weighted by Gasteiger charge is -2.35. The number of halogens is 1. The van der Waals surface area contributed by atoms with Crippen LogP contribution in [0, 0.1) is 5.82 Å². The minimum atomic E-state index is -0.419. The summed E-state index contributed by atoms with van der Waals surface area (Å²) in [6, 6.07) is 5.01. The van der Waals surface area contributed by atoms with Crippen molar-refractivity contribution in [3.63, 3.8) is 0 Å². The van der Waals surface area contributed by atoms with Gasteiger partial charge in [0.15, 0.2) is 11.6 Å². The van der Waals surface area contributed by atoms with Gasteiger partial charge in [0.25, 0.3) is 5.91 Å². The monoisotopic (exact) mass is 373 g/mol. The molecule has 0 aromatic heterocycles. The molecule has 3 aliphatic heterocycles. The number of allylic oxidation sites excluding steroid dienone is 1. The maximum atomic E-state index is 14.0. The van der Waals surface area contributed by atoms with Crippen LogP contribution in [0.3, 0.4) is 0 Å². The van der Waals surface area contributed by atoms with E-state index in [4.69, 9.17) is 10.5 Å². The maximum Gasteiger partial charge on any atom is 0.252 e. The molecule has 3 aliphatic rings. The highest BCUT2D eigenvalue weighted by molar-refractivity contribution is 7.51. The number of hydrogen-bond acceptors (Lipinski definition) is 4. The molecule has 0 saturated carbocycles. The number of carbonyl (C=O) groups excluding carboxylic acids is 1. The predicted octanol–water partition coefficient (Wildman–Crippen LogP) is 2.47. The zero-order chi connectivity index (χ0) is 18.3. The van der Waals surface area contributed by atoms with Gasteiger partial charge in [-0.25, -0.2) is 4.39 Å². The van der Waals surface area contributed by atoms with Crippen molar-refractivity contribution in [1.82, 2.24) is 9.80 Å². The van der Waals surface area contributed by atoms with Crippen LogP contribution < -0.4 is 10.5 Å². The molecule has 2 unspecified atom stereocenters. The second-order valence-electron chi connectivity index (χ2n) is 6.65. The first kappa shape index (κ1) is 17.3. The minimum Gasteiger partial charge on any atom is -0.494 e. The topological polar surface area (TPSA) is 58.8 Å². The third-order valence-electron chi connectivity index (χ3n) is 4.90. The van der Waals surface area contributed by atoms with Crippen molar-refractivity contribution in [3.05, 3.63) is 59.7 Å². The van der Waals surface area contributed by atoms with Crippen LogP contribution in [0.2, 0.25) is 0 Å². The Balaban J connectivity index is 1.57. The van der Waals surface area contributed by atoms with E-state index in [-0.39, 0.29) is 23.5 Å². The Kier molecular flexibility index (Phi) is 4.55. The smallest absolute Gasteiger partial charge is 0.252 e. The predicted molar refractivity (Wildman–Crippen MR) is 101 cm³/mol. The third kappa shape index (κ3) is 3.15. The highest BCUT2D eigenvalue weighted by atomic mass is 31.1. The molecule has 2 N–H and O–H groups in total. The molecular formula is C19H21FN3O2P. The van der Waals surface area contributed by atoms with E-state index in [1.165, 1.54) is 13.2 Å². The summed E-state index contributed by atoms with van der Waals surface area (Å²) in [6.07, 6.45) is 8.62. The molecule has 26 heavy (non-hydrogen) atoms. The van der Waals surface area contributed by atoms with Gasteiger partial charge in [-0.3, -0.25) is 4.79 Å². The Morgan fingerprint density at radius 3 is 2.92 bits per heavy atom. The van der Waals surface area contributed by atoms with Crippen molar-refractivity contribution >= 4 is 19.8 Å². The van der Waals surface area contributed by atoms with Crippen molar-refractivity contribution < 1.29 is 13.9 Å². The van der Waals surface area contributed by atoms with Crippen molar-refractivity contribution in [2.45, 2.75) is 18.2 Å². The minimum absolute atomic E-state index is 0.0207. The van der Waals surface area contributed by atoms with Gasteiger partial charge in [-0.2, -0.15) is 0 Å². The summed E-state index contributed by atoms with van der Waals surface area (Å²) >= 11 is 0. The molecule has 7 heteroatoms. The zero-order valence-corrected chi connectivity index (χ0v) is 15.5. The molecule has 1 aromatic carbocycles. The van der Waals surface area contributed by atoms with Crippen molar-refractivity contribution in [2.75, 3.05) is 20.2 Å². The average Bonchev–Trinajstić information content (AvgIpc) is 3.07. The number of fused-ring (bicyclic) bond motifs is 1. The van der Waals surface area contributed by atoms with Crippen LogP contribution >= 0.6 is 8.58 Å². The molecule has 0 aliphatic carbocycles. The molecule has 0 spiro atoms. The van der Waals surface area contributed by atoms with Gasteiger partial charge in [0.2, 0.25) is 0 Å². The lowest BCUT2D eigenvalue weighted by Crippen LogP contribution is -2.37. The van der Waals surface area contributed by atoms with E-state index in [0.29, 0.717) is 8.58 Å². The molecule has 1 amide bonds. The number of rotatable bonds is 3. The first-order valence-corrected chi connectivity index (χ1v) is 9.68. The first-order valence-electron chi connectivity index (χ1n) is 8.60. The first-order chi connectivity index (χ1) is 12.5. The lowest BCUT2D eigenvalue weighted by molar-refractivity contribution is -0.123. The highest BCUT2D eigenvalue weighted by Gasteiger charge is 2.30. The Labute approximate surface area is 153 Å². The molecule has 1 fully saturated rings. The molecule has 0 radical (unpaired) electrons. The van der Waals surface area contributed by atoms with E-state index in [2.05, 4.69) is 17.1 Å². The van der Waals surface area contributed by atoms with E-state index >= 15 is 0 Å². The van der Waals surface area contributed by atoms with Gasteiger partial charge in [-0.05, 0) is 35.5 Å². The van der Waals surface area contributed by atoms with Gasteiger partial charge in [0.05, 0.1) is 18.6 Å². The van der Waals surface area contributed by atoms with E-state index in [1.807, 2.05) is 6.20 Å². The SMILES string of the molecule is COc1ccc(C2=CC(=O)N3C=C(N4CC[C@H](N)C4)C=CC3P2)cc1F. The van der Waals surface area contributed by atoms with Crippen molar-refractivity contribution in [2.24, 2.45) is 5.73 Å². The highest BCUT2D eigenvalue weighted by Crippen LogP contribution is 2.45. The molecule has 136 valence electrons. The number of hydrogen-bond donors (Lipinski definition) is 1. The Hall–Kier alpha value is -2.17. The molecule has 1 aromatic rings. The number of carbonyl (C=O) groups is 1. The summed E-state index contributed by atoms with van der Waals surface area (Å²) < 4.78 is 19.0. The number of likely N-dealkylation sites (tertiary alicyclic amines) is 1. The van der Waals surface area contributed by atoms with E-state index < -0.39 is 5.82 Å². The second kappa shape index (κ2) is 6.86. The van der Waals surface area contributed by atoms with Gasteiger partial charge in [-0.15, -0.1) is 0 Å². The summed E-state index contributed by atoms with van der Waals surface area (Å²) in [4.78, 5) is 16.6. The number of nitrogens with zero attached hydrogens (tertiary/aromatic N) is 2. The summed E-state index contributed by atoms with van der Waals surface area (Å²) in [7, 11) is 1.79. The molecule has 3 atom stereocenters. The fraction of sp³-hybridized carbons (Fsp3) is 0.316. The largest absolute Gasteiger partial charge is 0.494 e. The van der Waals surface area contributed by atoms with E-state index in [0.717, 1.165) is 36.1 Å². The van der Waals surface area contributed by atoms with Crippen molar-refractivity contribution in [1.29, 1.82) is 0 Å².